The quantitative estimate of drug-likeness (QED) is 0.507. The monoisotopic (exact) mass is 397 g/mol. The van der Waals surface area contributed by atoms with Gasteiger partial charge in [-0.15, -0.1) is 0 Å². The number of halogens is 1. The predicted molar refractivity (Wildman–Crippen MR) is 117 cm³/mol. The molecule has 1 aromatic heterocycles. The van der Waals surface area contributed by atoms with E-state index in [2.05, 4.69) is 40.2 Å². The second-order valence-corrected chi connectivity index (χ2v) is 7.40. The Hall–Kier alpha value is -3.62. The zero-order valence-corrected chi connectivity index (χ0v) is 16.4. The number of rotatable bonds is 3. The number of fused-ring (bicyclic) bond motifs is 1. The van der Waals surface area contributed by atoms with Crippen molar-refractivity contribution in [2.24, 2.45) is 0 Å². The molecular weight excluding hydrogens is 377 g/mol. The van der Waals surface area contributed by atoms with Crippen LogP contribution in [0.4, 0.5) is 10.1 Å². The number of hydrogen-bond donors (Lipinski definition) is 1. The number of H-pyrrole nitrogens is 1. The van der Waals surface area contributed by atoms with Gasteiger partial charge in [0.15, 0.2) is 0 Å². The summed E-state index contributed by atoms with van der Waals surface area (Å²) in [6.07, 6.45) is 0. The highest BCUT2D eigenvalue weighted by molar-refractivity contribution is 5.98. The Balaban J connectivity index is 1.51. The number of morpholine rings is 1. The fraction of sp³-hybridized carbons (Fsp3) is 0.160. The Morgan fingerprint density at radius 1 is 0.933 bits per heavy atom. The minimum Gasteiger partial charge on any atom is -0.378 e. The maximum Gasteiger partial charge on any atom is 0.140 e. The van der Waals surface area contributed by atoms with Crippen LogP contribution in [0.25, 0.3) is 33.3 Å². The van der Waals surface area contributed by atoms with Gasteiger partial charge >= 0.3 is 0 Å². The first kappa shape index (κ1) is 18.4. The molecule has 0 radical (unpaired) electrons. The average Bonchev–Trinajstić information content (AvgIpc) is 3.25. The molecule has 5 rings (SSSR count). The van der Waals surface area contributed by atoms with Crippen LogP contribution in [0.3, 0.4) is 0 Å². The van der Waals surface area contributed by atoms with Crippen molar-refractivity contribution in [1.29, 1.82) is 5.26 Å². The van der Waals surface area contributed by atoms with Gasteiger partial charge in [0, 0.05) is 35.4 Å². The summed E-state index contributed by atoms with van der Waals surface area (Å²) in [4.78, 5) is 5.82. The number of hydrogen-bond acceptors (Lipinski definition) is 3. The molecule has 0 spiro atoms. The minimum atomic E-state index is -0.497. The van der Waals surface area contributed by atoms with E-state index in [0.717, 1.165) is 59.6 Å². The van der Waals surface area contributed by atoms with Crippen LogP contribution in [0.2, 0.25) is 0 Å². The van der Waals surface area contributed by atoms with E-state index in [-0.39, 0.29) is 5.56 Å². The lowest BCUT2D eigenvalue weighted by atomic mass is 9.99. The average molecular weight is 397 g/mol. The molecule has 0 unspecified atom stereocenters. The van der Waals surface area contributed by atoms with Gasteiger partial charge in [0.2, 0.25) is 0 Å². The lowest BCUT2D eigenvalue weighted by Gasteiger charge is -2.28. The van der Waals surface area contributed by atoms with Gasteiger partial charge < -0.3 is 14.6 Å². The highest BCUT2D eigenvalue weighted by Crippen LogP contribution is 2.33. The molecule has 0 amide bonds. The van der Waals surface area contributed by atoms with E-state index in [9.17, 15) is 4.39 Å². The minimum absolute atomic E-state index is 0.0546. The van der Waals surface area contributed by atoms with E-state index < -0.39 is 5.82 Å². The number of ether oxygens (including phenoxy) is 1. The van der Waals surface area contributed by atoms with E-state index in [1.165, 1.54) is 11.8 Å². The number of aromatic nitrogens is 1. The smallest absolute Gasteiger partial charge is 0.140 e. The first-order chi connectivity index (χ1) is 14.7. The molecule has 4 nitrogen and oxygen atoms in total. The lowest BCUT2D eigenvalue weighted by Crippen LogP contribution is -2.36. The standard InChI is InChI=1S/C25H20FN3O/c26-23-9-6-18(14-19(23)16-27)21-2-1-3-24-22(21)15-25(28-24)17-4-7-20(8-5-17)29-10-12-30-13-11-29/h1-9,14-15,28H,10-13H2. The van der Waals surface area contributed by atoms with E-state index in [0.29, 0.717) is 0 Å². The van der Waals surface area contributed by atoms with Crippen molar-refractivity contribution < 1.29 is 9.13 Å². The second kappa shape index (κ2) is 7.66. The molecule has 0 bridgehead atoms. The molecular formula is C25H20FN3O. The molecule has 0 aliphatic carbocycles. The van der Waals surface area contributed by atoms with Crippen molar-refractivity contribution in [2.45, 2.75) is 0 Å². The normalized spacial score (nSPS) is 14.1. The summed E-state index contributed by atoms with van der Waals surface area (Å²) in [6, 6.07) is 23.2. The summed E-state index contributed by atoms with van der Waals surface area (Å²) in [5, 5.41) is 10.2. The zero-order chi connectivity index (χ0) is 20.5. The first-order valence-electron chi connectivity index (χ1n) is 9.98. The summed E-state index contributed by atoms with van der Waals surface area (Å²) in [7, 11) is 0. The first-order valence-corrected chi connectivity index (χ1v) is 9.98. The Kier molecular flexibility index (Phi) is 4.70. The molecule has 3 aromatic carbocycles. The highest BCUT2D eigenvalue weighted by Gasteiger charge is 2.13. The van der Waals surface area contributed by atoms with Crippen molar-refractivity contribution in [1.82, 2.24) is 4.98 Å². The molecule has 1 N–H and O–H groups in total. The number of anilines is 1. The lowest BCUT2D eigenvalue weighted by molar-refractivity contribution is 0.122. The van der Waals surface area contributed by atoms with Crippen LogP contribution < -0.4 is 4.90 Å². The molecule has 1 aliphatic rings. The number of aromatic amines is 1. The Bertz CT molecular complexity index is 1250. The van der Waals surface area contributed by atoms with Crippen LogP contribution in [0.15, 0.2) is 66.7 Å². The van der Waals surface area contributed by atoms with Crippen LogP contribution in [0.1, 0.15) is 5.56 Å². The van der Waals surface area contributed by atoms with Crippen molar-refractivity contribution in [3.63, 3.8) is 0 Å². The molecule has 148 valence electrons. The largest absolute Gasteiger partial charge is 0.378 e. The molecule has 0 saturated carbocycles. The molecule has 1 saturated heterocycles. The van der Waals surface area contributed by atoms with Crippen molar-refractivity contribution in [3.8, 4) is 28.5 Å². The topological polar surface area (TPSA) is 52.0 Å². The third-order valence-electron chi connectivity index (χ3n) is 5.62. The van der Waals surface area contributed by atoms with E-state index in [4.69, 9.17) is 10.00 Å². The van der Waals surface area contributed by atoms with Crippen LogP contribution in [0.5, 0.6) is 0 Å². The van der Waals surface area contributed by atoms with Crippen LogP contribution >= 0.6 is 0 Å². The van der Waals surface area contributed by atoms with E-state index in [1.807, 2.05) is 24.3 Å². The highest BCUT2D eigenvalue weighted by atomic mass is 19.1. The maximum absolute atomic E-state index is 13.8. The number of benzene rings is 3. The van der Waals surface area contributed by atoms with Crippen LogP contribution in [-0.4, -0.2) is 31.3 Å². The van der Waals surface area contributed by atoms with Crippen LogP contribution in [0, 0.1) is 17.1 Å². The summed E-state index contributed by atoms with van der Waals surface area (Å²) in [6.45, 7) is 3.36. The molecule has 2 heterocycles. The molecule has 1 aliphatic heterocycles. The molecule has 4 aromatic rings. The molecule has 0 atom stereocenters. The third-order valence-corrected chi connectivity index (χ3v) is 5.62. The van der Waals surface area contributed by atoms with Gasteiger partial charge in [0.25, 0.3) is 0 Å². The maximum atomic E-state index is 13.8. The van der Waals surface area contributed by atoms with Crippen LogP contribution in [-0.2, 0) is 4.74 Å². The predicted octanol–water partition coefficient (Wildman–Crippen LogP) is 5.35. The van der Waals surface area contributed by atoms with Gasteiger partial charge in [-0.25, -0.2) is 4.39 Å². The van der Waals surface area contributed by atoms with Gasteiger partial charge in [0.05, 0.1) is 18.8 Å². The number of nitriles is 1. The van der Waals surface area contributed by atoms with Gasteiger partial charge in [0.1, 0.15) is 11.9 Å². The zero-order valence-electron chi connectivity index (χ0n) is 16.4. The van der Waals surface area contributed by atoms with E-state index >= 15 is 0 Å². The molecule has 5 heteroatoms. The SMILES string of the molecule is N#Cc1cc(-c2cccc3[nH]c(-c4ccc(N5CCOCC5)cc4)cc23)ccc1F. The van der Waals surface area contributed by atoms with Crippen molar-refractivity contribution >= 4 is 16.6 Å². The van der Waals surface area contributed by atoms with Gasteiger partial charge in [-0.1, -0.05) is 30.3 Å². The van der Waals surface area contributed by atoms with Crippen molar-refractivity contribution in [3.05, 3.63) is 78.1 Å². The Labute approximate surface area is 174 Å². The van der Waals surface area contributed by atoms with Gasteiger partial charge in [-0.3, -0.25) is 0 Å². The fourth-order valence-electron chi connectivity index (χ4n) is 4.01. The van der Waals surface area contributed by atoms with E-state index in [1.54, 1.807) is 12.1 Å². The Morgan fingerprint density at radius 3 is 2.47 bits per heavy atom. The third kappa shape index (κ3) is 3.32. The van der Waals surface area contributed by atoms with Crippen molar-refractivity contribution in [2.75, 3.05) is 31.2 Å². The summed E-state index contributed by atoms with van der Waals surface area (Å²) < 4.78 is 19.2. The second-order valence-electron chi connectivity index (χ2n) is 7.40. The molecule has 30 heavy (non-hydrogen) atoms. The summed E-state index contributed by atoms with van der Waals surface area (Å²) >= 11 is 0. The number of nitrogens with zero attached hydrogens (tertiary/aromatic N) is 2. The summed E-state index contributed by atoms with van der Waals surface area (Å²) in [5.74, 6) is -0.497. The van der Waals surface area contributed by atoms with Gasteiger partial charge in [-0.05, 0) is 53.1 Å². The Morgan fingerprint density at radius 2 is 1.70 bits per heavy atom. The van der Waals surface area contributed by atoms with Gasteiger partial charge in [-0.2, -0.15) is 5.26 Å². The number of nitrogens with one attached hydrogen (secondary N) is 1. The summed E-state index contributed by atoms with van der Waals surface area (Å²) in [5.41, 5.74) is 6.18. The fourth-order valence-corrected chi connectivity index (χ4v) is 4.01. The molecule has 1 fully saturated rings.